The van der Waals surface area contributed by atoms with E-state index in [0.717, 1.165) is 44.7 Å². The third-order valence-electron chi connectivity index (χ3n) is 6.05. The molecule has 0 bridgehead atoms. The summed E-state index contributed by atoms with van der Waals surface area (Å²) in [7, 11) is 3.45. The number of imidazole rings is 1. The quantitative estimate of drug-likeness (QED) is 0.417. The number of para-hydroxylation sites is 2. The average molecular weight is 456 g/mol. The summed E-state index contributed by atoms with van der Waals surface area (Å²) >= 11 is 0. The normalized spacial score (nSPS) is 11.3. The fourth-order valence-electron chi connectivity index (χ4n) is 4.31. The number of aromatic nitrogens is 6. The smallest absolute Gasteiger partial charge is 0.242 e. The number of methoxy groups -OCH3 is 1. The van der Waals surface area contributed by atoms with Gasteiger partial charge in [-0.1, -0.05) is 12.1 Å². The Morgan fingerprint density at radius 1 is 1.12 bits per heavy atom. The van der Waals surface area contributed by atoms with Gasteiger partial charge in [0.2, 0.25) is 11.8 Å². The average Bonchev–Trinajstić information content (AvgIpc) is 3.40. The number of hydrogen-bond donors (Lipinski definition) is 1. The van der Waals surface area contributed by atoms with Crippen LogP contribution in [0.15, 0.2) is 48.9 Å². The standard InChI is InChI=1S/C25H25N7O2/c1-15-18(16(2)28-24-23(15)25(34-4)30-31(24)3)10-12-22(33)29-17-9-11-21(26-13-17)32-14-27-19-7-5-6-8-20(19)32/h5-9,11,13-14H,10,12H2,1-4H3,(H,29,33). The summed E-state index contributed by atoms with van der Waals surface area (Å²) < 4.78 is 9.06. The lowest BCUT2D eigenvalue weighted by molar-refractivity contribution is -0.116. The Balaban J connectivity index is 1.29. The molecule has 9 heteroatoms. The highest BCUT2D eigenvalue weighted by Crippen LogP contribution is 2.30. The molecule has 5 aromatic rings. The third-order valence-corrected chi connectivity index (χ3v) is 6.05. The van der Waals surface area contributed by atoms with Crippen LogP contribution in [-0.4, -0.2) is 42.3 Å². The van der Waals surface area contributed by atoms with Crippen molar-refractivity contribution in [2.24, 2.45) is 7.05 Å². The van der Waals surface area contributed by atoms with Gasteiger partial charge in [-0.15, -0.1) is 5.10 Å². The van der Waals surface area contributed by atoms with Crippen molar-refractivity contribution in [3.05, 3.63) is 65.7 Å². The van der Waals surface area contributed by atoms with Crippen LogP contribution in [0.3, 0.4) is 0 Å². The third kappa shape index (κ3) is 3.75. The van der Waals surface area contributed by atoms with Gasteiger partial charge in [0.1, 0.15) is 12.1 Å². The summed E-state index contributed by atoms with van der Waals surface area (Å²) in [6, 6.07) is 11.6. The Bertz CT molecular complexity index is 1520. The lowest BCUT2D eigenvalue weighted by Gasteiger charge is -2.11. The second-order valence-corrected chi connectivity index (χ2v) is 8.19. The van der Waals surface area contributed by atoms with Crippen molar-refractivity contribution >= 4 is 33.7 Å². The van der Waals surface area contributed by atoms with Gasteiger partial charge in [0, 0.05) is 19.2 Å². The summed E-state index contributed by atoms with van der Waals surface area (Å²) in [5.41, 5.74) is 6.28. The molecule has 0 atom stereocenters. The molecule has 172 valence electrons. The molecule has 0 radical (unpaired) electrons. The Labute approximate surface area is 196 Å². The number of amides is 1. The number of hydrogen-bond acceptors (Lipinski definition) is 6. The topological polar surface area (TPSA) is 99.8 Å². The lowest BCUT2D eigenvalue weighted by atomic mass is 10.00. The van der Waals surface area contributed by atoms with E-state index in [-0.39, 0.29) is 5.91 Å². The summed E-state index contributed by atoms with van der Waals surface area (Å²) in [5.74, 6) is 1.20. The van der Waals surface area contributed by atoms with E-state index in [9.17, 15) is 4.79 Å². The molecule has 1 aromatic carbocycles. The molecule has 0 saturated carbocycles. The van der Waals surface area contributed by atoms with Crippen LogP contribution in [-0.2, 0) is 18.3 Å². The summed E-state index contributed by atoms with van der Waals surface area (Å²) in [6.45, 7) is 3.98. The number of ether oxygens (including phenoxy) is 1. The van der Waals surface area contributed by atoms with Gasteiger partial charge in [-0.2, -0.15) is 0 Å². The summed E-state index contributed by atoms with van der Waals surface area (Å²) in [5, 5.41) is 8.21. The largest absolute Gasteiger partial charge is 0.479 e. The number of fused-ring (bicyclic) bond motifs is 2. The van der Waals surface area contributed by atoms with Crippen LogP contribution in [0.2, 0.25) is 0 Å². The zero-order valence-electron chi connectivity index (χ0n) is 19.5. The molecule has 9 nitrogen and oxygen atoms in total. The van der Waals surface area contributed by atoms with Crippen molar-refractivity contribution in [1.82, 2.24) is 29.3 Å². The van der Waals surface area contributed by atoms with E-state index >= 15 is 0 Å². The molecule has 0 aliphatic rings. The van der Waals surface area contributed by atoms with Crippen molar-refractivity contribution in [3.8, 4) is 11.7 Å². The maximum atomic E-state index is 12.7. The van der Waals surface area contributed by atoms with Gasteiger partial charge < -0.3 is 10.1 Å². The number of nitrogens with zero attached hydrogens (tertiary/aromatic N) is 6. The number of carbonyl (C=O) groups is 1. The van der Waals surface area contributed by atoms with Gasteiger partial charge in [-0.3, -0.25) is 9.36 Å². The Morgan fingerprint density at radius 3 is 2.71 bits per heavy atom. The number of benzene rings is 1. The molecule has 0 unspecified atom stereocenters. The van der Waals surface area contributed by atoms with Crippen LogP contribution in [0.4, 0.5) is 5.69 Å². The van der Waals surface area contributed by atoms with E-state index in [2.05, 4.69) is 20.4 Å². The maximum Gasteiger partial charge on any atom is 0.242 e. The van der Waals surface area contributed by atoms with E-state index < -0.39 is 0 Å². The predicted octanol–water partition coefficient (Wildman–Crippen LogP) is 3.90. The minimum absolute atomic E-state index is 0.0836. The molecule has 1 N–H and O–H groups in total. The first kappa shape index (κ1) is 21.6. The SMILES string of the molecule is COc1nn(C)c2nc(C)c(CCC(=O)Nc3ccc(-n4cnc5ccccc54)nc3)c(C)c12. The first-order valence-corrected chi connectivity index (χ1v) is 11.0. The highest BCUT2D eigenvalue weighted by atomic mass is 16.5. The second kappa shape index (κ2) is 8.58. The van der Waals surface area contributed by atoms with Crippen LogP contribution < -0.4 is 10.1 Å². The molecule has 5 rings (SSSR count). The fourth-order valence-corrected chi connectivity index (χ4v) is 4.31. The number of aryl methyl sites for hydroxylation is 3. The van der Waals surface area contributed by atoms with Crippen LogP contribution >= 0.6 is 0 Å². The van der Waals surface area contributed by atoms with Gasteiger partial charge in [0.15, 0.2) is 5.65 Å². The zero-order valence-corrected chi connectivity index (χ0v) is 19.5. The number of anilines is 1. The van der Waals surface area contributed by atoms with Crippen LogP contribution in [0, 0.1) is 13.8 Å². The van der Waals surface area contributed by atoms with Gasteiger partial charge in [0.05, 0.1) is 35.4 Å². The fraction of sp³-hybridized carbons (Fsp3) is 0.240. The zero-order chi connectivity index (χ0) is 23.8. The predicted molar refractivity (Wildman–Crippen MR) is 130 cm³/mol. The molecule has 4 heterocycles. The van der Waals surface area contributed by atoms with Crippen molar-refractivity contribution in [2.45, 2.75) is 26.7 Å². The van der Waals surface area contributed by atoms with Crippen LogP contribution in [0.25, 0.3) is 27.9 Å². The van der Waals surface area contributed by atoms with Crippen molar-refractivity contribution in [3.63, 3.8) is 0 Å². The first-order valence-electron chi connectivity index (χ1n) is 11.0. The van der Waals surface area contributed by atoms with E-state index in [1.807, 2.05) is 61.9 Å². The summed E-state index contributed by atoms with van der Waals surface area (Å²) in [4.78, 5) is 26.3. The molecule has 0 spiro atoms. The van der Waals surface area contributed by atoms with Gasteiger partial charge in [-0.25, -0.2) is 19.6 Å². The van der Waals surface area contributed by atoms with E-state index in [0.29, 0.717) is 24.4 Å². The number of carbonyl (C=O) groups excluding carboxylic acids is 1. The molecule has 0 saturated heterocycles. The molecule has 0 fully saturated rings. The van der Waals surface area contributed by atoms with Crippen molar-refractivity contribution in [1.29, 1.82) is 0 Å². The minimum Gasteiger partial charge on any atom is -0.479 e. The Hall–Kier alpha value is -4.27. The maximum absolute atomic E-state index is 12.7. The highest BCUT2D eigenvalue weighted by Gasteiger charge is 2.18. The lowest BCUT2D eigenvalue weighted by Crippen LogP contribution is -2.14. The molecule has 0 aliphatic heterocycles. The van der Waals surface area contributed by atoms with Crippen LogP contribution in [0.5, 0.6) is 5.88 Å². The van der Waals surface area contributed by atoms with E-state index in [1.54, 1.807) is 24.3 Å². The van der Waals surface area contributed by atoms with Crippen molar-refractivity contribution < 1.29 is 9.53 Å². The van der Waals surface area contributed by atoms with Gasteiger partial charge in [-0.05, 0) is 55.7 Å². The first-order chi connectivity index (χ1) is 16.5. The number of nitrogens with one attached hydrogen (secondary N) is 1. The molecular weight excluding hydrogens is 430 g/mol. The van der Waals surface area contributed by atoms with Gasteiger partial charge >= 0.3 is 0 Å². The van der Waals surface area contributed by atoms with E-state index in [4.69, 9.17) is 9.72 Å². The Kier molecular flexibility index (Phi) is 5.45. The van der Waals surface area contributed by atoms with E-state index in [1.165, 1.54) is 0 Å². The molecule has 1 amide bonds. The van der Waals surface area contributed by atoms with Crippen molar-refractivity contribution in [2.75, 3.05) is 12.4 Å². The highest BCUT2D eigenvalue weighted by molar-refractivity contribution is 5.91. The number of rotatable bonds is 6. The van der Waals surface area contributed by atoms with Gasteiger partial charge in [0.25, 0.3) is 0 Å². The second-order valence-electron chi connectivity index (χ2n) is 8.19. The minimum atomic E-state index is -0.0836. The Morgan fingerprint density at radius 2 is 1.94 bits per heavy atom. The molecular formula is C25H25N7O2. The number of pyridine rings is 2. The monoisotopic (exact) mass is 455 g/mol. The van der Waals surface area contributed by atoms with Crippen LogP contribution in [0.1, 0.15) is 23.2 Å². The molecule has 4 aromatic heterocycles. The molecule has 34 heavy (non-hydrogen) atoms. The molecule has 0 aliphatic carbocycles. The summed E-state index contributed by atoms with van der Waals surface area (Å²) in [6.07, 6.45) is 4.30.